The van der Waals surface area contributed by atoms with Gasteiger partial charge in [0, 0.05) is 6.20 Å². The van der Waals surface area contributed by atoms with E-state index in [1.54, 1.807) is 13.8 Å². The Balaban J connectivity index is 3.20. The Hall–Kier alpha value is -0.120. The van der Waals surface area contributed by atoms with Crippen LogP contribution < -0.4 is 5.30 Å². The van der Waals surface area contributed by atoms with Gasteiger partial charge < -0.3 is 9.05 Å². The van der Waals surface area contributed by atoms with E-state index in [1.807, 2.05) is 0 Å². The van der Waals surface area contributed by atoms with E-state index in [-0.39, 0.29) is 28.7 Å². The molecular weight excluding hydrogens is 272 g/mol. The number of hydrogen-bond donors (Lipinski definition) is 0. The second-order valence-electron chi connectivity index (χ2n) is 2.79. The zero-order chi connectivity index (χ0) is 12.2. The lowest BCUT2D eigenvalue weighted by atomic mass is 10.5. The predicted octanol–water partition coefficient (Wildman–Crippen LogP) is 3.28. The third-order valence-corrected chi connectivity index (χ3v) is 4.49. The van der Waals surface area contributed by atoms with E-state index in [0.717, 1.165) is 0 Å². The van der Waals surface area contributed by atoms with E-state index in [1.165, 1.54) is 12.3 Å². The molecule has 1 aromatic heterocycles. The van der Waals surface area contributed by atoms with Crippen molar-refractivity contribution in [2.75, 3.05) is 13.2 Å². The summed E-state index contributed by atoms with van der Waals surface area (Å²) < 4.78 is 22.7. The summed E-state index contributed by atoms with van der Waals surface area (Å²) in [6.07, 6.45) is 1.32. The van der Waals surface area contributed by atoms with E-state index in [0.29, 0.717) is 0 Å². The predicted molar refractivity (Wildman–Crippen MR) is 64.7 cm³/mol. The molecule has 0 atom stereocenters. The third kappa shape index (κ3) is 3.19. The first-order valence-corrected chi connectivity index (χ1v) is 7.04. The molecule has 1 aromatic rings. The van der Waals surface area contributed by atoms with Crippen molar-refractivity contribution in [2.45, 2.75) is 13.8 Å². The van der Waals surface area contributed by atoms with Crippen molar-refractivity contribution in [2.24, 2.45) is 0 Å². The molecule has 90 valence electrons. The summed E-state index contributed by atoms with van der Waals surface area (Å²) in [5, 5.41) is 0.659. The van der Waals surface area contributed by atoms with Gasteiger partial charge in [-0.2, -0.15) is 0 Å². The van der Waals surface area contributed by atoms with Gasteiger partial charge in [0.05, 0.1) is 23.5 Å². The molecule has 1 rings (SSSR count). The first kappa shape index (κ1) is 13.9. The number of hydrogen-bond acceptors (Lipinski definition) is 4. The van der Waals surface area contributed by atoms with Crippen LogP contribution in [0.3, 0.4) is 0 Å². The lowest BCUT2D eigenvalue weighted by molar-refractivity contribution is 0.230. The van der Waals surface area contributed by atoms with Crippen molar-refractivity contribution in [1.29, 1.82) is 0 Å². The van der Waals surface area contributed by atoms with E-state index >= 15 is 0 Å². The second kappa shape index (κ2) is 5.99. The van der Waals surface area contributed by atoms with Crippen molar-refractivity contribution in [1.82, 2.24) is 4.98 Å². The third-order valence-electron chi connectivity index (χ3n) is 1.69. The molecule has 0 N–H and O–H groups in total. The van der Waals surface area contributed by atoms with Gasteiger partial charge in [-0.3, -0.25) is 4.57 Å². The van der Waals surface area contributed by atoms with Crippen LogP contribution in [0.4, 0.5) is 0 Å². The lowest BCUT2D eigenvalue weighted by Crippen LogP contribution is -2.12. The number of halogens is 2. The molecule has 0 saturated carbocycles. The molecule has 16 heavy (non-hydrogen) atoms. The Kier molecular flexibility index (Phi) is 5.22. The van der Waals surface area contributed by atoms with Gasteiger partial charge in [-0.15, -0.1) is 0 Å². The Bertz CT molecular complexity index is 404. The zero-order valence-electron chi connectivity index (χ0n) is 8.94. The molecule has 0 spiro atoms. The van der Waals surface area contributed by atoms with Gasteiger partial charge in [0.15, 0.2) is 0 Å². The molecule has 0 aliphatic rings. The normalized spacial score (nSPS) is 11.8. The minimum absolute atomic E-state index is 0.194. The Labute approximate surface area is 104 Å². The van der Waals surface area contributed by atoms with Gasteiger partial charge in [0.2, 0.25) is 0 Å². The summed E-state index contributed by atoms with van der Waals surface area (Å²) in [7, 11) is -3.39. The largest absolute Gasteiger partial charge is 0.362 e. The lowest BCUT2D eigenvalue weighted by Gasteiger charge is -2.17. The van der Waals surface area contributed by atoms with E-state index in [9.17, 15) is 4.57 Å². The number of aromatic nitrogens is 1. The van der Waals surface area contributed by atoms with E-state index in [2.05, 4.69) is 4.98 Å². The molecule has 0 fully saturated rings. The van der Waals surface area contributed by atoms with Gasteiger partial charge >= 0.3 is 7.60 Å². The van der Waals surface area contributed by atoms with E-state index in [4.69, 9.17) is 32.2 Å². The highest BCUT2D eigenvalue weighted by atomic mass is 35.5. The standard InChI is InChI=1S/C9H12Cl2NO3P/c1-3-14-16(13,15-4-2)8-5-9(11)12-6-7(8)10/h5-6H,3-4H2,1-2H3. The molecular formula is C9H12Cl2NO3P. The van der Waals surface area contributed by atoms with E-state index < -0.39 is 7.60 Å². The molecule has 0 bridgehead atoms. The molecule has 0 aliphatic heterocycles. The van der Waals surface area contributed by atoms with Crippen LogP contribution in [-0.2, 0) is 13.6 Å². The van der Waals surface area contributed by atoms with Gasteiger partial charge in [0.1, 0.15) is 5.15 Å². The molecule has 0 aromatic carbocycles. The van der Waals surface area contributed by atoms with Gasteiger partial charge in [-0.05, 0) is 19.9 Å². The fraction of sp³-hybridized carbons (Fsp3) is 0.444. The highest BCUT2D eigenvalue weighted by Gasteiger charge is 2.29. The average Bonchev–Trinajstić information content (AvgIpc) is 2.22. The minimum Gasteiger partial charge on any atom is -0.305 e. The fourth-order valence-electron chi connectivity index (χ4n) is 1.13. The van der Waals surface area contributed by atoms with Crippen LogP contribution in [0.1, 0.15) is 13.8 Å². The Morgan fingerprint density at radius 2 is 1.88 bits per heavy atom. The SMILES string of the molecule is CCOP(=O)(OCC)c1cc(Cl)ncc1Cl. The number of pyridine rings is 1. The molecule has 0 amide bonds. The summed E-state index contributed by atoms with van der Waals surface area (Å²) >= 11 is 11.6. The highest BCUT2D eigenvalue weighted by Crippen LogP contribution is 2.48. The van der Waals surface area contributed by atoms with Crippen molar-refractivity contribution < 1.29 is 13.6 Å². The van der Waals surface area contributed by atoms with Gasteiger partial charge in [0.25, 0.3) is 0 Å². The Morgan fingerprint density at radius 1 is 1.31 bits per heavy atom. The second-order valence-corrected chi connectivity index (χ2v) is 5.58. The smallest absolute Gasteiger partial charge is 0.305 e. The maximum atomic E-state index is 12.4. The number of rotatable bonds is 5. The monoisotopic (exact) mass is 283 g/mol. The van der Waals surface area contributed by atoms with Crippen LogP contribution in [0.15, 0.2) is 12.3 Å². The molecule has 7 heteroatoms. The van der Waals surface area contributed by atoms with Gasteiger partial charge in [-0.1, -0.05) is 23.2 Å². The molecule has 0 radical (unpaired) electrons. The van der Waals surface area contributed by atoms with Gasteiger partial charge in [-0.25, -0.2) is 4.98 Å². The van der Waals surface area contributed by atoms with Crippen LogP contribution in [0.25, 0.3) is 0 Å². The minimum atomic E-state index is -3.39. The van der Waals surface area contributed by atoms with Crippen LogP contribution in [0.5, 0.6) is 0 Å². The van der Waals surface area contributed by atoms with Crippen LogP contribution >= 0.6 is 30.8 Å². The average molecular weight is 284 g/mol. The summed E-state index contributed by atoms with van der Waals surface area (Å²) in [6, 6.07) is 1.40. The first-order valence-electron chi connectivity index (χ1n) is 4.74. The van der Waals surface area contributed by atoms with Crippen molar-refractivity contribution in [3.63, 3.8) is 0 Å². The molecule has 0 unspecified atom stereocenters. The molecule has 0 saturated heterocycles. The summed E-state index contributed by atoms with van der Waals surface area (Å²) in [4.78, 5) is 3.77. The summed E-state index contributed by atoms with van der Waals surface area (Å²) in [5.41, 5.74) is 0. The number of nitrogens with zero attached hydrogens (tertiary/aromatic N) is 1. The van der Waals surface area contributed by atoms with Crippen LogP contribution in [-0.4, -0.2) is 18.2 Å². The maximum absolute atomic E-state index is 12.4. The molecule has 0 aliphatic carbocycles. The molecule has 1 heterocycles. The summed E-state index contributed by atoms with van der Waals surface area (Å²) in [6.45, 7) is 3.96. The van der Waals surface area contributed by atoms with Crippen LogP contribution in [0.2, 0.25) is 10.2 Å². The Morgan fingerprint density at radius 3 is 2.38 bits per heavy atom. The van der Waals surface area contributed by atoms with Crippen LogP contribution in [0, 0.1) is 0 Å². The first-order chi connectivity index (χ1) is 7.53. The fourth-order valence-corrected chi connectivity index (χ4v) is 3.41. The highest BCUT2D eigenvalue weighted by molar-refractivity contribution is 7.62. The van der Waals surface area contributed by atoms with Crippen molar-refractivity contribution >= 4 is 36.1 Å². The van der Waals surface area contributed by atoms with Crippen molar-refractivity contribution in [3.05, 3.63) is 22.4 Å². The van der Waals surface area contributed by atoms with Crippen molar-refractivity contribution in [3.8, 4) is 0 Å². The molecule has 4 nitrogen and oxygen atoms in total. The summed E-state index contributed by atoms with van der Waals surface area (Å²) in [5.74, 6) is 0. The maximum Gasteiger partial charge on any atom is 0.362 e. The quantitative estimate of drug-likeness (QED) is 0.615. The topological polar surface area (TPSA) is 48.4 Å². The zero-order valence-corrected chi connectivity index (χ0v) is 11.4.